The second-order valence-corrected chi connectivity index (χ2v) is 4.78. The molecule has 0 radical (unpaired) electrons. The van der Waals surface area contributed by atoms with Crippen molar-refractivity contribution in [1.29, 1.82) is 0 Å². The molecule has 0 saturated heterocycles. The van der Waals surface area contributed by atoms with Crippen LogP contribution in [0.15, 0.2) is 30.5 Å². The van der Waals surface area contributed by atoms with Crippen molar-refractivity contribution >= 4 is 11.6 Å². The van der Waals surface area contributed by atoms with Gasteiger partial charge in [-0.3, -0.25) is 0 Å². The predicted molar refractivity (Wildman–Crippen MR) is 81.4 cm³/mol. The van der Waals surface area contributed by atoms with E-state index < -0.39 is 0 Å². The van der Waals surface area contributed by atoms with Crippen LogP contribution in [0.25, 0.3) is 0 Å². The first kappa shape index (κ1) is 14.1. The summed E-state index contributed by atoms with van der Waals surface area (Å²) >= 11 is 0. The van der Waals surface area contributed by atoms with Crippen molar-refractivity contribution in [2.75, 3.05) is 31.4 Å². The summed E-state index contributed by atoms with van der Waals surface area (Å²) in [6, 6.07) is 8.13. The number of rotatable bonds is 5. The van der Waals surface area contributed by atoms with E-state index in [9.17, 15) is 0 Å². The molecule has 1 heterocycles. The highest BCUT2D eigenvalue weighted by Crippen LogP contribution is 2.18. The van der Waals surface area contributed by atoms with Gasteiger partial charge in [-0.15, -0.1) is 0 Å². The van der Waals surface area contributed by atoms with Gasteiger partial charge in [0.1, 0.15) is 0 Å². The molecule has 1 aromatic carbocycles. The Balaban J connectivity index is 2.07. The number of hydrogen-bond donors (Lipinski definition) is 1. The molecular formula is C15H20N4O. The fourth-order valence-electron chi connectivity index (χ4n) is 1.87. The van der Waals surface area contributed by atoms with E-state index in [2.05, 4.69) is 45.3 Å². The molecule has 0 amide bonds. The van der Waals surface area contributed by atoms with Crippen molar-refractivity contribution in [2.24, 2.45) is 0 Å². The van der Waals surface area contributed by atoms with Crippen LogP contribution >= 0.6 is 0 Å². The van der Waals surface area contributed by atoms with Gasteiger partial charge >= 0.3 is 0 Å². The first-order valence-corrected chi connectivity index (χ1v) is 6.48. The molecule has 0 bridgehead atoms. The summed E-state index contributed by atoms with van der Waals surface area (Å²) in [6.45, 7) is 2.79. The molecule has 2 rings (SSSR count). The zero-order chi connectivity index (χ0) is 14.5. The Morgan fingerprint density at radius 3 is 2.70 bits per heavy atom. The average Bonchev–Trinajstić information content (AvgIpc) is 2.46. The molecule has 0 fully saturated rings. The summed E-state index contributed by atoms with van der Waals surface area (Å²) in [7, 11) is 5.67. The van der Waals surface area contributed by atoms with E-state index in [4.69, 9.17) is 4.74 Å². The third-order valence-corrected chi connectivity index (χ3v) is 3.12. The van der Waals surface area contributed by atoms with Crippen molar-refractivity contribution in [3.05, 3.63) is 41.6 Å². The van der Waals surface area contributed by atoms with Crippen molar-refractivity contribution in [3.63, 3.8) is 0 Å². The molecule has 106 valence electrons. The molecule has 0 unspecified atom stereocenters. The lowest BCUT2D eigenvalue weighted by atomic mass is 10.1. The molecule has 20 heavy (non-hydrogen) atoms. The Morgan fingerprint density at radius 1 is 1.25 bits per heavy atom. The fourth-order valence-corrected chi connectivity index (χ4v) is 1.87. The normalized spacial score (nSPS) is 10.2. The van der Waals surface area contributed by atoms with Crippen LogP contribution in [0.2, 0.25) is 0 Å². The van der Waals surface area contributed by atoms with Gasteiger partial charge in [-0.1, -0.05) is 6.07 Å². The molecule has 5 heteroatoms. The molecule has 0 spiro atoms. The summed E-state index contributed by atoms with van der Waals surface area (Å²) in [6.07, 6.45) is 1.68. The lowest BCUT2D eigenvalue weighted by molar-refractivity contribution is 0.397. The van der Waals surface area contributed by atoms with E-state index >= 15 is 0 Å². The molecule has 1 N–H and O–H groups in total. The van der Waals surface area contributed by atoms with Gasteiger partial charge in [-0.05, 0) is 30.2 Å². The highest BCUT2D eigenvalue weighted by molar-refractivity contribution is 5.50. The fraction of sp³-hybridized carbons (Fsp3) is 0.333. The lowest BCUT2D eigenvalue weighted by Crippen LogP contribution is -2.10. The van der Waals surface area contributed by atoms with Crippen LogP contribution in [0, 0.1) is 6.92 Å². The number of nitrogens with one attached hydrogen (secondary N) is 1. The van der Waals surface area contributed by atoms with Crippen LogP contribution in [0.3, 0.4) is 0 Å². The summed E-state index contributed by atoms with van der Waals surface area (Å²) in [4.78, 5) is 10.5. The monoisotopic (exact) mass is 272 g/mol. The third-order valence-electron chi connectivity index (χ3n) is 3.12. The van der Waals surface area contributed by atoms with Crippen molar-refractivity contribution in [2.45, 2.75) is 13.5 Å². The summed E-state index contributed by atoms with van der Waals surface area (Å²) in [5.74, 6) is 1.13. The number of ether oxygens (including phenoxy) is 1. The Morgan fingerprint density at radius 2 is 2.05 bits per heavy atom. The minimum absolute atomic E-state index is 0.558. The SMILES string of the molecule is COc1ccnc(NCc2ccc(N(C)C)cc2C)n1. The van der Waals surface area contributed by atoms with Gasteiger partial charge in [0.2, 0.25) is 11.8 Å². The molecular weight excluding hydrogens is 252 g/mol. The summed E-state index contributed by atoms with van der Waals surface area (Å²) < 4.78 is 5.08. The maximum Gasteiger partial charge on any atom is 0.226 e. The number of hydrogen-bond acceptors (Lipinski definition) is 5. The van der Waals surface area contributed by atoms with Gasteiger partial charge in [0.05, 0.1) is 7.11 Å². The highest BCUT2D eigenvalue weighted by Gasteiger charge is 2.03. The van der Waals surface area contributed by atoms with Gasteiger partial charge in [0.25, 0.3) is 0 Å². The molecule has 0 atom stereocenters. The van der Waals surface area contributed by atoms with Crippen molar-refractivity contribution in [1.82, 2.24) is 9.97 Å². The number of benzene rings is 1. The minimum Gasteiger partial charge on any atom is -0.481 e. The zero-order valence-electron chi connectivity index (χ0n) is 12.3. The predicted octanol–water partition coefficient (Wildman–Crippen LogP) is 2.47. The van der Waals surface area contributed by atoms with Gasteiger partial charge in [0.15, 0.2) is 0 Å². The average molecular weight is 272 g/mol. The molecule has 2 aromatic rings. The third kappa shape index (κ3) is 3.38. The Kier molecular flexibility index (Phi) is 4.40. The topological polar surface area (TPSA) is 50.3 Å². The molecule has 5 nitrogen and oxygen atoms in total. The van der Waals surface area contributed by atoms with Crippen LogP contribution in [0.5, 0.6) is 5.88 Å². The number of anilines is 2. The number of aromatic nitrogens is 2. The Labute approximate surface area is 119 Å². The van der Waals surface area contributed by atoms with Crippen molar-refractivity contribution in [3.8, 4) is 5.88 Å². The quantitative estimate of drug-likeness (QED) is 0.906. The van der Waals surface area contributed by atoms with Gasteiger partial charge in [-0.2, -0.15) is 4.98 Å². The Bertz CT molecular complexity index is 584. The second-order valence-electron chi connectivity index (χ2n) is 4.78. The van der Waals surface area contributed by atoms with E-state index in [0.29, 0.717) is 18.4 Å². The Hall–Kier alpha value is -2.30. The van der Waals surface area contributed by atoms with Crippen LogP contribution in [-0.4, -0.2) is 31.2 Å². The molecule has 0 aliphatic heterocycles. The largest absolute Gasteiger partial charge is 0.481 e. The molecule has 1 aromatic heterocycles. The summed E-state index contributed by atoms with van der Waals surface area (Å²) in [5.41, 5.74) is 3.66. The highest BCUT2D eigenvalue weighted by atomic mass is 16.5. The lowest BCUT2D eigenvalue weighted by Gasteiger charge is -2.15. The molecule has 0 aliphatic rings. The maximum absolute atomic E-state index is 5.08. The summed E-state index contributed by atoms with van der Waals surface area (Å²) in [5, 5.41) is 3.21. The van der Waals surface area contributed by atoms with E-state index in [-0.39, 0.29) is 0 Å². The maximum atomic E-state index is 5.08. The van der Waals surface area contributed by atoms with E-state index in [1.807, 2.05) is 14.1 Å². The number of nitrogens with zero attached hydrogens (tertiary/aromatic N) is 3. The van der Waals surface area contributed by atoms with Crippen LogP contribution in [-0.2, 0) is 6.54 Å². The van der Waals surface area contributed by atoms with E-state index in [1.54, 1.807) is 19.4 Å². The van der Waals surface area contributed by atoms with Crippen LogP contribution in [0.4, 0.5) is 11.6 Å². The minimum atomic E-state index is 0.558. The molecule has 0 saturated carbocycles. The standard InChI is InChI=1S/C15H20N4O/c1-11-9-13(19(2)3)6-5-12(11)10-17-15-16-8-7-14(18-15)20-4/h5-9H,10H2,1-4H3,(H,16,17,18). The van der Waals surface area contributed by atoms with Gasteiger partial charge in [-0.25, -0.2) is 4.98 Å². The van der Waals surface area contributed by atoms with Gasteiger partial charge < -0.3 is 15.0 Å². The van der Waals surface area contributed by atoms with E-state index in [0.717, 1.165) is 0 Å². The number of aryl methyl sites for hydroxylation is 1. The van der Waals surface area contributed by atoms with E-state index in [1.165, 1.54) is 16.8 Å². The number of methoxy groups -OCH3 is 1. The second kappa shape index (κ2) is 6.23. The van der Waals surface area contributed by atoms with Crippen molar-refractivity contribution < 1.29 is 4.74 Å². The molecule has 0 aliphatic carbocycles. The smallest absolute Gasteiger partial charge is 0.226 e. The van der Waals surface area contributed by atoms with Crippen LogP contribution < -0.4 is 15.0 Å². The van der Waals surface area contributed by atoms with Gasteiger partial charge in [0, 0.05) is 38.6 Å². The van der Waals surface area contributed by atoms with Crippen LogP contribution in [0.1, 0.15) is 11.1 Å². The zero-order valence-corrected chi connectivity index (χ0v) is 12.3. The first-order chi connectivity index (χ1) is 9.60. The first-order valence-electron chi connectivity index (χ1n) is 6.48.